The van der Waals surface area contributed by atoms with Crippen molar-refractivity contribution in [2.24, 2.45) is 0 Å². The molecule has 0 amide bonds. The fourth-order valence-corrected chi connectivity index (χ4v) is 0.418. The summed E-state index contributed by atoms with van der Waals surface area (Å²) < 4.78 is 8.45. The molecule has 13 heavy (non-hydrogen) atoms. The highest BCUT2D eigenvalue weighted by Gasteiger charge is 2.11. The fraction of sp³-hybridized carbons (Fsp3) is 0.429. The number of hydrogen-bond donors (Lipinski definition) is 2. The molecule has 74 valence electrons. The monoisotopic (exact) mass is 190 g/mol. The van der Waals surface area contributed by atoms with Crippen LogP contribution >= 0.6 is 0 Å². The maximum absolute atomic E-state index is 10.6. The summed E-state index contributed by atoms with van der Waals surface area (Å²) in [7, 11) is 0. The number of hydrogen-bond acceptors (Lipinski definition) is 6. The number of carbonyl (C=O) groups is 2. The van der Waals surface area contributed by atoms with Crippen LogP contribution in [0, 0.1) is 0 Å². The Bertz CT molecular complexity index is 199. The van der Waals surface area contributed by atoms with Crippen molar-refractivity contribution in [3.05, 3.63) is 12.3 Å². The standard InChI is InChI=1S/C7H10O6/c1-5(7(11)13-4-9)12-3-6(10)2-8/h4,6,8,10H,1-3H2. The van der Waals surface area contributed by atoms with E-state index in [0.29, 0.717) is 0 Å². The summed E-state index contributed by atoms with van der Waals surface area (Å²) >= 11 is 0. The Morgan fingerprint density at radius 3 is 2.69 bits per heavy atom. The van der Waals surface area contributed by atoms with Crippen molar-refractivity contribution in [3.8, 4) is 0 Å². The molecule has 6 heteroatoms. The van der Waals surface area contributed by atoms with Crippen molar-refractivity contribution >= 4 is 12.4 Å². The van der Waals surface area contributed by atoms with Crippen molar-refractivity contribution in [2.45, 2.75) is 6.10 Å². The lowest BCUT2D eigenvalue weighted by molar-refractivity contribution is -0.151. The second-order valence-corrected chi connectivity index (χ2v) is 2.07. The number of esters is 1. The summed E-state index contributed by atoms with van der Waals surface area (Å²) in [5.41, 5.74) is 0. The van der Waals surface area contributed by atoms with Crippen LogP contribution in [-0.4, -0.2) is 42.0 Å². The average Bonchev–Trinajstić information content (AvgIpc) is 2.13. The molecular weight excluding hydrogens is 180 g/mol. The summed E-state index contributed by atoms with van der Waals surface area (Å²) in [4.78, 5) is 20.3. The molecule has 0 rings (SSSR count). The van der Waals surface area contributed by atoms with E-state index in [1.54, 1.807) is 0 Å². The van der Waals surface area contributed by atoms with Gasteiger partial charge in [-0.2, -0.15) is 0 Å². The van der Waals surface area contributed by atoms with E-state index in [9.17, 15) is 9.59 Å². The van der Waals surface area contributed by atoms with E-state index in [4.69, 9.17) is 10.2 Å². The smallest absolute Gasteiger partial charge is 0.380 e. The quantitative estimate of drug-likeness (QED) is 0.175. The van der Waals surface area contributed by atoms with Gasteiger partial charge >= 0.3 is 12.4 Å². The molecule has 0 fully saturated rings. The van der Waals surface area contributed by atoms with Gasteiger partial charge < -0.3 is 19.7 Å². The lowest BCUT2D eigenvalue weighted by Crippen LogP contribution is -2.21. The Kier molecular flexibility index (Phi) is 5.49. The van der Waals surface area contributed by atoms with Crippen molar-refractivity contribution < 1.29 is 29.3 Å². The summed E-state index contributed by atoms with van der Waals surface area (Å²) in [6, 6.07) is 0. The van der Waals surface area contributed by atoms with Gasteiger partial charge in [0.2, 0.25) is 0 Å². The molecule has 2 N–H and O–H groups in total. The number of ether oxygens (including phenoxy) is 2. The van der Waals surface area contributed by atoms with Gasteiger partial charge in [0.25, 0.3) is 0 Å². The van der Waals surface area contributed by atoms with Gasteiger partial charge in [0, 0.05) is 0 Å². The molecule has 6 nitrogen and oxygen atoms in total. The van der Waals surface area contributed by atoms with Gasteiger partial charge in [0.1, 0.15) is 12.7 Å². The van der Waals surface area contributed by atoms with Crippen molar-refractivity contribution in [3.63, 3.8) is 0 Å². The first-order valence-corrected chi connectivity index (χ1v) is 3.37. The Labute approximate surface area is 74.4 Å². The second-order valence-electron chi connectivity index (χ2n) is 2.07. The molecular formula is C7H10O6. The highest BCUT2D eigenvalue weighted by molar-refractivity contribution is 5.89. The first-order chi connectivity index (χ1) is 6.11. The van der Waals surface area contributed by atoms with Gasteiger partial charge in [-0.3, -0.25) is 4.79 Å². The maximum atomic E-state index is 10.6. The summed E-state index contributed by atoms with van der Waals surface area (Å²) in [5, 5.41) is 17.1. The molecule has 0 aliphatic carbocycles. The first-order valence-electron chi connectivity index (χ1n) is 3.37. The number of aliphatic hydroxyl groups excluding tert-OH is 2. The molecule has 0 spiro atoms. The highest BCUT2D eigenvalue weighted by Crippen LogP contribution is 1.97. The van der Waals surface area contributed by atoms with Gasteiger partial charge in [-0.25, -0.2) is 4.79 Å². The maximum Gasteiger partial charge on any atom is 0.380 e. The van der Waals surface area contributed by atoms with Gasteiger partial charge in [0.05, 0.1) is 6.61 Å². The minimum atomic E-state index is -1.10. The van der Waals surface area contributed by atoms with Gasteiger partial charge in [-0.05, 0) is 6.58 Å². The Balaban J connectivity index is 3.74. The van der Waals surface area contributed by atoms with Gasteiger partial charge in [-0.1, -0.05) is 0 Å². The SMILES string of the molecule is C=C(OCC(O)CO)C(=O)OC=O. The lowest BCUT2D eigenvalue weighted by Gasteiger charge is -2.09. The second kappa shape index (κ2) is 6.15. The van der Waals surface area contributed by atoms with E-state index in [1.807, 2.05) is 0 Å². The zero-order valence-electron chi connectivity index (χ0n) is 6.80. The zero-order chi connectivity index (χ0) is 10.3. The van der Waals surface area contributed by atoms with Crippen LogP contribution in [0.4, 0.5) is 0 Å². The summed E-state index contributed by atoms with van der Waals surface area (Å²) in [6.45, 7) is 2.30. The molecule has 1 unspecified atom stereocenters. The third-order valence-corrected chi connectivity index (χ3v) is 1.04. The number of carbonyl (C=O) groups excluding carboxylic acids is 2. The molecule has 1 atom stereocenters. The molecule has 0 saturated carbocycles. The van der Waals surface area contributed by atoms with Crippen LogP contribution in [0.1, 0.15) is 0 Å². The number of rotatable bonds is 6. The highest BCUT2D eigenvalue weighted by atomic mass is 16.6. The minimum Gasteiger partial charge on any atom is -0.484 e. The molecule has 0 aliphatic heterocycles. The topological polar surface area (TPSA) is 93.1 Å². The largest absolute Gasteiger partial charge is 0.484 e. The Morgan fingerprint density at radius 2 is 2.23 bits per heavy atom. The minimum absolute atomic E-state index is 0.0562. The zero-order valence-corrected chi connectivity index (χ0v) is 6.80. The van der Waals surface area contributed by atoms with E-state index in [2.05, 4.69) is 16.1 Å². The van der Waals surface area contributed by atoms with E-state index < -0.39 is 24.4 Å². The molecule has 0 aliphatic rings. The van der Waals surface area contributed by atoms with Crippen molar-refractivity contribution in [1.82, 2.24) is 0 Å². The van der Waals surface area contributed by atoms with Crippen molar-refractivity contribution in [2.75, 3.05) is 13.2 Å². The van der Waals surface area contributed by atoms with Crippen LogP contribution in [-0.2, 0) is 19.1 Å². The molecule has 0 aromatic heterocycles. The van der Waals surface area contributed by atoms with E-state index in [1.165, 1.54) is 0 Å². The van der Waals surface area contributed by atoms with Gasteiger partial charge in [0.15, 0.2) is 5.76 Å². The lowest BCUT2D eigenvalue weighted by atomic mass is 10.4. The predicted octanol–water partition coefficient (Wildman–Crippen LogP) is -1.43. The molecule has 0 radical (unpaired) electrons. The number of aliphatic hydroxyl groups is 2. The fourth-order valence-electron chi connectivity index (χ4n) is 0.418. The predicted molar refractivity (Wildman–Crippen MR) is 40.3 cm³/mol. The van der Waals surface area contributed by atoms with Crippen LogP contribution in [0.2, 0.25) is 0 Å². The average molecular weight is 190 g/mol. The van der Waals surface area contributed by atoms with Crippen LogP contribution in [0.3, 0.4) is 0 Å². The van der Waals surface area contributed by atoms with E-state index in [0.717, 1.165) is 0 Å². The molecule has 0 bridgehead atoms. The van der Waals surface area contributed by atoms with E-state index >= 15 is 0 Å². The molecule has 0 aromatic rings. The molecule has 0 heterocycles. The van der Waals surface area contributed by atoms with Crippen LogP contribution in [0.5, 0.6) is 0 Å². The first kappa shape index (κ1) is 11.6. The van der Waals surface area contributed by atoms with Crippen LogP contribution in [0.15, 0.2) is 12.3 Å². The van der Waals surface area contributed by atoms with Crippen molar-refractivity contribution in [1.29, 1.82) is 0 Å². The Hall–Kier alpha value is -1.40. The third kappa shape index (κ3) is 4.94. The summed E-state index contributed by atoms with van der Waals surface area (Å²) in [6.07, 6.45) is -1.10. The van der Waals surface area contributed by atoms with Crippen LogP contribution in [0.25, 0.3) is 0 Å². The Morgan fingerprint density at radius 1 is 1.62 bits per heavy atom. The third-order valence-electron chi connectivity index (χ3n) is 1.04. The molecule has 0 aromatic carbocycles. The molecule has 0 saturated heterocycles. The van der Waals surface area contributed by atoms with Gasteiger partial charge in [-0.15, -0.1) is 0 Å². The summed E-state index contributed by atoms with van der Waals surface area (Å²) in [5.74, 6) is -1.43. The van der Waals surface area contributed by atoms with Crippen LogP contribution < -0.4 is 0 Å². The normalized spacial score (nSPS) is 11.5. The van der Waals surface area contributed by atoms with E-state index in [-0.39, 0.29) is 13.1 Å².